The summed E-state index contributed by atoms with van der Waals surface area (Å²) in [5.41, 5.74) is 2.15. The van der Waals surface area contributed by atoms with E-state index in [1.165, 1.54) is 24.1 Å². The van der Waals surface area contributed by atoms with Gasteiger partial charge < -0.3 is 15.0 Å². The molecule has 0 fully saturated rings. The fourth-order valence-electron chi connectivity index (χ4n) is 4.36. The minimum absolute atomic E-state index is 0.0533. The quantitative estimate of drug-likeness (QED) is 0.322. The molecule has 9 heteroatoms. The predicted molar refractivity (Wildman–Crippen MR) is 158 cm³/mol. The molecule has 0 aliphatic heterocycles. The molecule has 0 heterocycles. The molecule has 3 aromatic carbocycles. The van der Waals surface area contributed by atoms with Gasteiger partial charge in [-0.25, -0.2) is 8.42 Å². The third-order valence-corrected chi connectivity index (χ3v) is 8.25. The van der Waals surface area contributed by atoms with Gasteiger partial charge >= 0.3 is 0 Å². The van der Waals surface area contributed by atoms with Gasteiger partial charge in [-0.2, -0.15) is 0 Å². The summed E-state index contributed by atoms with van der Waals surface area (Å²) < 4.78 is 34.2. The highest BCUT2D eigenvalue weighted by Crippen LogP contribution is 2.27. The van der Waals surface area contributed by atoms with Gasteiger partial charge in [0.05, 0.1) is 17.7 Å². The fraction of sp³-hybridized carbons (Fsp3) is 0.355. The standard InChI is InChI=1S/C31H39N3O5S/c1-6-29(31(36)32-20-23(2)3)33(21-25-13-10-12-24(4)18-25)30(35)22-34(26-14-11-15-27(19-26)39-5)40(37,38)28-16-8-7-9-17-28/h7-19,23,29H,6,20-22H2,1-5H3,(H,32,36)/t29-/m0/s1. The second kappa shape index (κ2) is 14.0. The summed E-state index contributed by atoms with van der Waals surface area (Å²) in [4.78, 5) is 28.9. The summed E-state index contributed by atoms with van der Waals surface area (Å²) in [5, 5.41) is 2.94. The van der Waals surface area contributed by atoms with Gasteiger partial charge in [0.25, 0.3) is 10.0 Å². The van der Waals surface area contributed by atoms with Gasteiger partial charge in [-0.1, -0.05) is 74.9 Å². The molecule has 3 rings (SSSR count). The first-order valence-electron chi connectivity index (χ1n) is 13.4. The van der Waals surface area contributed by atoms with Crippen molar-refractivity contribution < 1.29 is 22.7 Å². The summed E-state index contributed by atoms with van der Waals surface area (Å²) in [7, 11) is -2.64. The second-order valence-corrected chi connectivity index (χ2v) is 12.0. The van der Waals surface area contributed by atoms with Crippen molar-refractivity contribution >= 4 is 27.5 Å². The van der Waals surface area contributed by atoms with Crippen LogP contribution in [0.2, 0.25) is 0 Å². The molecule has 8 nitrogen and oxygen atoms in total. The number of benzene rings is 3. The molecule has 0 aliphatic carbocycles. The summed E-state index contributed by atoms with van der Waals surface area (Å²) in [6, 6.07) is 21.5. The SMILES string of the molecule is CC[C@@H](C(=O)NCC(C)C)N(Cc1cccc(C)c1)C(=O)CN(c1cccc(OC)c1)S(=O)(=O)c1ccccc1. The number of nitrogens with zero attached hydrogens (tertiary/aromatic N) is 2. The summed E-state index contributed by atoms with van der Waals surface area (Å²) in [5.74, 6) is -0.0669. The number of nitrogens with one attached hydrogen (secondary N) is 1. The molecule has 0 aliphatic rings. The molecule has 214 valence electrons. The maximum Gasteiger partial charge on any atom is 0.264 e. The van der Waals surface area contributed by atoms with Crippen LogP contribution in [0.15, 0.2) is 83.8 Å². The normalized spacial score (nSPS) is 12.1. The minimum atomic E-state index is -4.13. The average molecular weight is 566 g/mol. The Morgan fingerprint density at radius 2 is 1.65 bits per heavy atom. The Morgan fingerprint density at radius 3 is 2.27 bits per heavy atom. The van der Waals surface area contributed by atoms with Crippen LogP contribution < -0.4 is 14.4 Å². The maximum atomic E-state index is 14.1. The van der Waals surface area contributed by atoms with Crippen molar-refractivity contribution in [1.29, 1.82) is 0 Å². The van der Waals surface area contributed by atoms with Crippen molar-refractivity contribution in [3.8, 4) is 5.75 Å². The fourth-order valence-corrected chi connectivity index (χ4v) is 5.79. The van der Waals surface area contributed by atoms with Crippen LogP contribution in [0.25, 0.3) is 0 Å². The molecular formula is C31H39N3O5S. The van der Waals surface area contributed by atoms with Crippen LogP contribution in [0.4, 0.5) is 5.69 Å². The number of sulfonamides is 1. The Hall–Kier alpha value is -3.85. The van der Waals surface area contributed by atoms with Gasteiger partial charge in [0.1, 0.15) is 18.3 Å². The maximum absolute atomic E-state index is 14.1. The molecule has 0 aromatic heterocycles. The first-order valence-corrected chi connectivity index (χ1v) is 14.8. The molecule has 0 bridgehead atoms. The third-order valence-electron chi connectivity index (χ3n) is 6.46. The Labute approximate surface area is 238 Å². The first kappa shape index (κ1) is 30.7. The van der Waals surface area contributed by atoms with Gasteiger partial charge in [0, 0.05) is 19.2 Å². The van der Waals surface area contributed by atoms with Crippen LogP contribution in [0.1, 0.15) is 38.3 Å². The van der Waals surface area contributed by atoms with E-state index in [1.54, 1.807) is 42.5 Å². The summed E-state index contributed by atoms with van der Waals surface area (Å²) >= 11 is 0. The average Bonchev–Trinajstić information content (AvgIpc) is 2.95. The van der Waals surface area contributed by atoms with Gasteiger partial charge in [0.15, 0.2) is 0 Å². The third kappa shape index (κ3) is 7.85. The Bertz CT molecular complexity index is 1390. The van der Waals surface area contributed by atoms with Gasteiger partial charge in [-0.15, -0.1) is 0 Å². The molecule has 1 atom stereocenters. The molecule has 40 heavy (non-hydrogen) atoms. The topological polar surface area (TPSA) is 96.0 Å². The monoisotopic (exact) mass is 565 g/mol. The first-order chi connectivity index (χ1) is 19.1. The second-order valence-electron chi connectivity index (χ2n) is 10.1. The van der Waals surface area contributed by atoms with Crippen molar-refractivity contribution in [2.75, 3.05) is 24.5 Å². The highest BCUT2D eigenvalue weighted by molar-refractivity contribution is 7.92. The van der Waals surface area contributed by atoms with Gasteiger partial charge in [-0.05, 0) is 49.1 Å². The number of ether oxygens (including phenoxy) is 1. The zero-order valence-electron chi connectivity index (χ0n) is 23.8. The van der Waals surface area contributed by atoms with E-state index in [-0.39, 0.29) is 29.0 Å². The number of methoxy groups -OCH3 is 1. The number of anilines is 1. The molecule has 2 amide bonds. The van der Waals surface area contributed by atoms with E-state index in [4.69, 9.17) is 4.74 Å². The molecule has 0 saturated heterocycles. The van der Waals surface area contributed by atoms with Gasteiger partial charge in [0.2, 0.25) is 11.8 Å². The number of rotatable bonds is 13. The number of carbonyl (C=O) groups is 2. The number of amides is 2. The molecule has 3 aromatic rings. The van der Waals surface area contributed by atoms with Crippen molar-refractivity contribution in [3.05, 3.63) is 90.0 Å². The zero-order chi connectivity index (χ0) is 29.3. The smallest absolute Gasteiger partial charge is 0.264 e. The number of carbonyl (C=O) groups excluding carboxylic acids is 2. The lowest BCUT2D eigenvalue weighted by molar-refractivity contribution is -0.140. The minimum Gasteiger partial charge on any atom is -0.497 e. The molecule has 0 unspecified atom stereocenters. The highest BCUT2D eigenvalue weighted by atomic mass is 32.2. The van der Waals surface area contributed by atoms with Crippen molar-refractivity contribution in [2.45, 2.75) is 51.6 Å². The number of hydrogen-bond donors (Lipinski definition) is 1. The van der Waals surface area contributed by atoms with Crippen LogP contribution in [0, 0.1) is 12.8 Å². The Kier molecular flexibility index (Phi) is 10.7. The van der Waals surface area contributed by atoms with E-state index >= 15 is 0 Å². The molecule has 0 saturated carbocycles. The molecule has 1 N–H and O–H groups in total. The largest absolute Gasteiger partial charge is 0.497 e. The number of aryl methyl sites for hydroxylation is 1. The lowest BCUT2D eigenvalue weighted by atomic mass is 10.1. The van der Waals surface area contributed by atoms with E-state index in [9.17, 15) is 18.0 Å². The highest BCUT2D eigenvalue weighted by Gasteiger charge is 2.33. The number of hydrogen-bond acceptors (Lipinski definition) is 5. The Morgan fingerprint density at radius 1 is 0.950 bits per heavy atom. The molecule has 0 spiro atoms. The van der Waals surface area contributed by atoms with Crippen LogP contribution >= 0.6 is 0 Å². The van der Waals surface area contributed by atoms with E-state index in [0.717, 1.165) is 15.4 Å². The lowest BCUT2D eigenvalue weighted by Crippen LogP contribution is -2.52. The van der Waals surface area contributed by atoms with Crippen molar-refractivity contribution in [2.24, 2.45) is 5.92 Å². The summed E-state index contributed by atoms with van der Waals surface area (Å²) in [6.07, 6.45) is 0.367. The van der Waals surface area contributed by atoms with E-state index in [0.29, 0.717) is 18.7 Å². The van der Waals surface area contributed by atoms with E-state index < -0.39 is 28.5 Å². The van der Waals surface area contributed by atoms with Crippen LogP contribution in [-0.4, -0.2) is 51.4 Å². The van der Waals surface area contributed by atoms with Crippen LogP contribution in [-0.2, 0) is 26.2 Å². The van der Waals surface area contributed by atoms with Crippen molar-refractivity contribution in [1.82, 2.24) is 10.2 Å². The predicted octanol–water partition coefficient (Wildman–Crippen LogP) is 4.78. The Balaban J connectivity index is 2.05. The van der Waals surface area contributed by atoms with Crippen LogP contribution in [0.3, 0.4) is 0 Å². The van der Waals surface area contributed by atoms with Gasteiger partial charge in [-0.3, -0.25) is 13.9 Å². The van der Waals surface area contributed by atoms with Crippen LogP contribution in [0.5, 0.6) is 5.75 Å². The van der Waals surface area contributed by atoms with E-state index in [2.05, 4.69) is 5.32 Å². The zero-order valence-corrected chi connectivity index (χ0v) is 24.6. The summed E-state index contributed by atoms with van der Waals surface area (Å²) in [6.45, 7) is 7.93. The van der Waals surface area contributed by atoms with E-state index in [1.807, 2.05) is 52.0 Å². The van der Waals surface area contributed by atoms with Crippen molar-refractivity contribution in [3.63, 3.8) is 0 Å². The molecular weight excluding hydrogens is 526 g/mol. The molecule has 0 radical (unpaired) electrons. The lowest BCUT2D eigenvalue weighted by Gasteiger charge is -2.33.